The van der Waals surface area contributed by atoms with E-state index < -0.39 is 0 Å². The zero-order chi connectivity index (χ0) is 12.3. The van der Waals surface area contributed by atoms with Gasteiger partial charge in [-0.05, 0) is 19.3 Å². The molecule has 3 heteroatoms. The third-order valence-electron chi connectivity index (χ3n) is 3.05. The Hall–Kier alpha value is -1.09. The number of hydrogen-bond acceptors (Lipinski definition) is 2. The van der Waals surface area contributed by atoms with Crippen molar-refractivity contribution in [3.8, 4) is 0 Å². The average molecular weight is 295 g/mol. The first-order valence-electron chi connectivity index (χ1n) is 5.88. The summed E-state index contributed by atoms with van der Waals surface area (Å²) in [5, 5.41) is 11.0. The molecule has 0 heterocycles. The van der Waals surface area contributed by atoms with E-state index in [9.17, 15) is 9.90 Å². The molecule has 0 aromatic heterocycles. The number of carbonyl (C=O) groups excluding carboxylic acids is 1. The lowest BCUT2D eigenvalue weighted by atomic mass is 10.0. The molecule has 0 saturated carbocycles. The van der Waals surface area contributed by atoms with E-state index in [1.165, 1.54) is 0 Å². The van der Waals surface area contributed by atoms with E-state index in [-0.39, 0.29) is 11.5 Å². The number of Topliss-reactive ketones (excluding diaryl/α,β-unsaturated/α-hetero) is 1. The SMILES string of the molecule is O=C1C(CCCCCBr)=C(O)c2ccccc21. The van der Waals surface area contributed by atoms with Gasteiger partial charge >= 0.3 is 0 Å². The van der Waals surface area contributed by atoms with Gasteiger partial charge in [0.1, 0.15) is 5.76 Å². The maximum Gasteiger partial charge on any atom is 0.193 e. The molecule has 90 valence electrons. The van der Waals surface area contributed by atoms with Crippen LogP contribution in [0.15, 0.2) is 29.8 Å². The standard InChI is InChI=1S/C14H15BrO2/c15-9-5-1-2-8-12-13(16)10-6-3-4-7-11(10)14(12)17/h3-4,6-7,16H,1-2,5,8-9H2. The maximum absolute atomic E-state index is 12.0. The minimum atomic E-state index is -0.00283. The second-order valence-corrected chi connectivity index (χ2v) is 4.99. The van der Waals surface area contributed by atoms with Crippen LogP contribution in [0.4, 0.5) is 0 Å². The normalized spacial score (nSPS) is 14.3. The Morgan fingerprint density at radius 2 is 1.76 bits per heavy atom. The van der Waals surface area contributed by atoms with Crippen LogP contribution in [-0.4, -0.2) is 16.2 Å². The van der Waals surface area contributed by atoms with Gasteiger partial charge < -0.3 is 5.11 Å². The number of fused-ring (bicyclic) bond motifs is 1. The number of hydrogen-bond donors (Lipinski definition) is 1. The van der Waals surface area contributed by atoms with Crippen LogP contribution < -0.4 is 0 Å². The lowest BCUT2D eigenvalue weighted by Gasteiger charge is -2.01. The number of alkyl halides is 1. The van der Waals surface area contributed by atoms with Crippen molar-refractivity contribution in [1.29, 1.82) is 0 Å². The van der Waals surface area contributed by atoms with Gasteiger partial charge in [-0.3, -0.25) is 4.79 Å². The Kier molecular flexibility index (Phi) is 4.00. The van der Waals surface area contributed by atoms with Gasteiger partial charge in [0.05, 0.1) is 0 Å². The number of ketones is 1. The Morgan fingerprint density at radius 1 is 1.06 bits per heavy atom. The topological polar surface area (TPSA) is 37.3 Å². The fourth-order valence-electron chi connectivity index (χ4n) is 2.13. The number of unbranched alkanes of at least 4 members (excludes halogenated alkanes) is 2. The molecule has 2 rings (SSSR count). The van der Waals surface area contributed by atoms with Gasteiger partial charge in [0.25, 0.3) is 0 Å². The van der Waals surface area contributed by atoms with E-state index in [2.05, 4.69) is 15.9 Å². The lowest BCUT2D eigenvalue weighted by molar-refractivity contribution is 0.103. The van der Waals surface area contributed by atoms with Gasteiger partial charge in [0, 0.05) is 22.0 Å². The maximum atomic E-state index is 12.0. The van der Waals surface area contributed by atoms with Crippen LogP contribution in [0.2, 0.25) is 0 Å². The predicted molar refractivity (Wildman–Crippen MR) is 72.6 cm³/mol. The minimum Gasteiger partial charge on any atom is -0.507 e. The van der Waals surface area contributed by atoms with Crippen molar-refractivity contribution in [1.82, 2.24) is 0 Å². The molecular weight excluding hydrogens is 280 g/mol. The van der Waals surface area contributed by atoms with E-state index in [0.29, 0.717) is 23.1 Å². The summed E-state index contributed by atoms with van der Waals surface area (Å²) < 4.78 is 0. The van der Waals surface area contributed by atoms with Crippen molar-refractivity contribution in [3.63, 3.8) is 0 Å². The Balaban J connectivity index is 2.10. The first-order valence-corrected chi connectivity index (χ1v) is 7.00. The van der Waals surface area contributed by atoms with Crippen molar-refractivity contribution >= 4 is 27.5 Å². The highest BCUT2D eigenvalue weighted by Gasteiger charge is 2.28. The predicted octanol–water partition coefficient (Wildman–Crippen LogP) is 4.11. The highest BCUT2D eigenvalue weighted by atomic mass is 79.9. The number of aliphatic hydroxyl groups excluding tert-OH is 1. The minimum absolute atomic E-state index is 0.00283. The number of halogens is 1. The third-order valence-corrected chi connectivity index (χ3v) is 3.61. The molecule has 1 N–H and O–H groups in total. The Bertz CT molecular complexity index is 463. The van der Waals surface area contributed by atoms with Crippen molar-refractivity contribution in [2.75, 3.05) is 5.33 Å². The monoisotopic (exact) mass is 294 g/mol. The number of aliphatic hydroxyl groups is 1. The number of carbonyl (C=O) groups is 1. The van der Waals surface area contributed by atoms with Crippen LogP contribution >= 0.6 is 15.9 Å². The quantitative estimate of drug-likeness (QED) is 0.655. The molecule has 0 fully saturated rings. The summed E-state index contributed by atoms with van der Waals surface area (Å²) >= 11 is 3.38. The van der Waals surface area contributed by atoms with E-state index in [1.54, 1.807) is 12.1 Å². The molecule has 0 aliphatic heterocycles. The van der Waals surface area contributed by atoms with E-state index in [1.807, 2.05) is 12.1 Å². The molecule has 1 aliphatic rings. The van der Waals surface area contributed by atoms with E-state index in [4.69, 9.17) is 0 Å². The zero-order valence-electron chi connectivity index (χ0n) is 9.58. The molecule has 0 atom stereocenters. The highest BCUT2D eigenvalue weighted by Crippen LogP contribution is 2.33. The molecular formula is C14H15BrO2. The lowest BCUT2D eigenvalue weighted by Crippen LogP contribution is -1.99. The van der Waals surface area contributed by atoms with Gasteiger partial charge in [0.15, 0.2) is 5.78 Å². The Labute approximate surface area is 109 Å². The second-order valence-electron chi connectivity index (χ2n) is 4.20. The summed E-state index contributed by atoms with van der Waals surface area (Å²) in [5.74, 6) is 0.182. The molecule has 0 amide bonds. The molecule has 2 nitrogen and oxygen atoms in total. The first-order chi connectivity index (χ1) is 8.25. The summed E-state index contributed by atoms with van der Waals surface area (Å²) in [4.78, 5) is 12.0. The molecule has 0 saturated heterocycles. The molecule has 1 aromatic carbocycles. The van der Waals surface area contributed by atoms with Crippen LogP contribution in [0.3, 0.4) is 0 Å². The number of benzene rings is 1. The Morgan fingerprint density at radius 3 is 2.41 bits per heavy atom. The second kappa shape index (κ2) is 5.50. The van der Waals surface area contributed by atoms with Crippen LogP contribution in [-0.2, 0) is 0 Å². The molecule has 1 aliphatic carbocycles. The summed E-state index contributed by atoms with van der Waals surface area (Å²) in [7, 11) is 0. The van der Waals surface area contributed by atoms with Crippen molar-refractivity contribution in [2.24, 2.45) is 0 Å². The van der Waals surface area contributed by atoms with Crippen molar-refractivity contribution in [3.05, 3.63) is 41.0 Å². The smallest absolute Gasteiger partial charge is 0.193 e. The molecule has 0 spiro atoms. The van der Waals surface area contributed by atoms with Gasteiger partial charge in [-0.1, -0.05) is 46.6 Å². The third kappa shape index (κ3) is 2.44. The van der Waals surface area contributed by atoms with Crippen LogP contribution in [0.25, 0.3) is 5.76 Å². The molecule has 0 bridgehead atoms. The summed E-state index contributed by atoms with van der Waals surface area (Å²) in [6, 6.07) is 7.25. The number of allylic oxidation sites excluding steroid dienone is 1. The van der Waals surface area contributed by atoms with Gasteiger partial charge in [-0.15, -0.1) is 0 Å². The summed E-state index contributed by atoms with van der Waals surface area (Å²) in [6.07, 6.45) is 3.80. The average Bonchev–Trinajstić information content (AvgIpc) is 2.60. The van der Waals surface area contributed by atoms with Crippen molar-refractivity contribution in [2.45, 2.75) is 25.7 Å². The van der Waals surface area contributed by atoms with Gasteiger partial charge in [-0.2, -0.15) is 0 Å². The first kappa shape index (κ1) is 12.4. The fraction of sp³-hybridized carbons (Fsp3) is 0.357. The van der Waals surface area contributed by atoms with Crippen LogP contribution in [0, 0.1) is 0 Å². The molecule has 0 radical (unpaired) electrons. The summed E-state index contributed by atoms with van der Waals surface area (Å²) in [5.41, 5.74) is 1.91. The zero-order valence-corrected chi connectivity index (χ0v) is 11.2. The van der Waals surface area contributed by atoms with Crippen LogP contribution in [0.5, 0.6) is 0 Å². The fourth-order valence-corrected chi connectivity index (χ4v) is 2.52. The largest absolute Gasteiger partial charge is 0.507 e. The molecule has 17 heavy (non-hydrogen) atoms. The van der Waals surface area contributed by atoms with E-state index in [0.717, 1.165) is 24.6 Å². The number of rotatable bonds is 5. The van der Waals surface area contributed by atoms with E-state index >= 15 is 0 Å². The van der Waals surface area contributed by atoms with Gasteiger partial charge in [0.2, 0.25) is 0 Å². The highest BCUT2D eigenvalue weighted by molar-refractivity contribution is 9.09. The molecule has 0 unspecified atom stereocenters. The van der Waals surface area contributed by atoms with Crippen LogP contribution in [0.1, 0.15) is 41.6 Å². The summed E-state index contributed by atoms with van der Waals surface area (Å²) in [6.45, 7) is 0. The molecule has 1 aromatic rings. The van der Waals surface area contributed by atoms with Crippen molar-refractivity contribution < 1.29 is 9.90 Å². The van der Waals surface area contributed by atoms with Gasteiger partial charge in [-0.25, -0.2) is 0 Å².